The van der Waals surface area contributed by atoms with Crippen LogP contribution in [-0.2, 0) is 6.54 Å². The van der Waals surface area contributed by atoms with Crippen molar-refractivity contribution in [3.63, 3.8) is 0 Å². The maximum Gasteiger partial charge on any atom is 0.191 e. The van der Waals surface area contributed by atoms with E-state index in [0.29, 0.717) is 6.04 Å². The zero-order valence-electron chi connectivity index (χ0n) is 16.0. The molecule has 25 heavy (non-hydrogen) atoms. The zero-order chi connectivity index (χ0) is 18.1. The van der Waals surface area contributed by atoms with Crippen LogP contribution >= 0.6 is 0 Å². The lowest BCUT2D eigenvalue weighted by Gasteiger charge is -2.19. The Morgan fingerprint density at radius 3 is 2.52 bits per heavy atom. The van der Waals surface area contributed by atoms with Crippen molar-refractivity contribution < 1.29 is 9.47 Å². The lowest BCUT2D eigenvalue weighted by Crippen LogP contribution is -2.44. The number of benzene rings is 1. The number of methoxy groups -OCH3 is 2. The summed E-state index contributed by atoms with van der Waals surface area (Å²) in [5, 5.41) is 6.89. The summed E-state index contributed by atoms with van der Waals surface area (Å²) in [7, 11) is 3.37. The summed E-state index contributed by atoms with van der Waals surface area (Å²) in [4.78, 5) is 7.05. The average Bonchev–Trinajstić information content (AvgIpc) is 3.06. The molecule has 6 nitrogen and oxygen atoms in total. The molecule has 1 unspecified atom stereocenters. The Morgan fingerprint density at radius 2 is 1.92 bits per heavy atom. The first-order valence-electron chi connectivity index (χ1n) is 9.17. The molecule has 1 heterocycles. The maximum absolute atomic E-state index is 5.37. The van der Waals surface area contributed by atoms with Crippen molar-refractivity contribution in [2.45, 2.75) is 39.3 Å². The summed E-state index contributed by atoms with van der Waals surface area (Å²) < 4.78 is 10.7. The van der Waals surface area contributed by atoms with Crippen molar-refractivity contribution in [3.05, 3.63) is 23.8 Å². The maximum atomic E-state index is 5.37. The van der Waals surface area contributed by atoms with E-state index in [4.69, 9.17) is 9.47 Å². The van der Waals surface area contributed by atoms with Crippen LogP contribution in [0.25, 0.3) is 0 Å². The van der Waals surface area contributed by atoms with Crippen molar-refractivity contribution in [2.75, 3.05) is 40.4 Å². The lowest BCUT2D eigenvalue weighted by molar-refractivity contribution is 0.321. The van der Waals surface area contributed by atoms with E-state index in [-0.39, 0.29) is 0 Å². The predicted molar refractivity (Wildman–Crippen MR) is 103 cm³/mol. The Hall–Kier alpha value is -1.95. The van der Waals surface area contributed by atoms with E-state index in [1.54, 1.807) is 14.2 Å². The van der Waals surface area contributed by atoms with E-state index in [0.717, 1.165) is 63.0 Å². The monoisotopic (exact) mass is 348 g/mol. The minimum Gasteiger partial charge on any atom is -0.497 e. The Morgan fingerprint density at radius 1 is 1.20 bits per heavy atom. The van der Waals surface area contributed by atoms with Gasteiger partial charge in [-0.25, -0.2) is 0 Å². The Bertz CT molecular complexity index is 540. The van der Waals surface area contributed by atoms with Crippen molar-refractivity contribution in [1.29, 1.82) is 0 Å². The van der Waals surface area contributed by atoms with Crippen LogP contribution in [0.1, 0.15) is 32.3 Å². The van der Waals surface area contributed by atoms with Crippen LogP contribution in [0.2, 0.25) is 0 Å². The Balaban J connectivity index is 1.92. The first-order valence-corrected chi connectivity index (χ1v) is 9.17. The standard InChI is InChI=1S/C19H32N4O2/c1-5-8-21-19(20-6-2)22-16-7-9-23(14-16)13-15-10-17(24-3)12-18(11-15)25-4/h10-12,16H,5-9,13-14H2,1-4H3,(H2,20,21,22). The molecule has 1 fully saturated rings. The summed E-state index contributed by atoms with van der Waals surface area (Å²) in [5.41, 5.74) is 1.21. The first-order chi connectivity index (χ1) is 12.2. The predicted octanol–water partition coefficient (Wildman–Crippen LogP) is 2.24. The fraction of sp³-hybridized carbons (Fsp3) is 0.632. The number of hydrogen-bond donors (Lipinski definition) is 2. The van der Waals surface area contributed by atoms with Crippen LogP contribution in [-0.4, -0.2) is 57.3 Å². The number of likely N-dealkylation sites (tertiary alicyclic amines) is 1. The third-order valence-electron chi connectivity index (χ3n) is 4.27. The number of hydrogen-bond acceptors (Lipinski definition) is 4. The highest BCUT2D eigenvalue weighted by molar-refractivity contribution is 5.80. The number of rotatable bonds is 8. The van der Waals surface area contributed by atoms with Gasteiger partial charge in [-0.1, -0.05) is 6.92 Å². The van der Waals surface area contributed by atoms with Gasteiger partial charge in [0.25, 0.3) is 0 Å². The van der Waals surface area contributed by atoms with Crippen LogP contribution in [0.15, 0.2) is 23.2 Å². The van der Waals surface area contributed by atoms with Gasteiger partial charge in [0.15, 0.2) is 5.96 Å². The van der Waals surface area contributed by atoms with Crippen LogP contribution in [0, 0.1) is 0 Å². The molecule has 1 aromatic rings. The minimum atomic E-state index is 0.433. The van der Waals surface area contributed by atoms with Gasteiger partial charge in [-0.3, -0.25) is 9.89 Å². The van der Waals surface area contributed by atoms with Gasteiger partial charge in [0.2, 0.25) is 0 Å². The largest absolute Gasteiger partial charge is 0.497 e. The molecule has 6 heteroatoms. The number of nitrogens with zero attached hydrogens (tertiary/aromatic N) is 2. The van der Waals surface area contributed by atoms with Crippen molar-refractivity contribution in [3.8, 4) is 11.5 Å². The quantitative estimate of drug-likeness (QED) is 0.557. The molecule has 0 saturated carbocycles. The van der Waals surface area contributed by atoms with Gasteiger partial charge in [-0.05, 0) is 37.5 Å². The highest BCUT2D eigenvalue weighted by Gasteiger charge is 2.23. The molecule has 0 bridgehead atoms. The van der Waals surface area contributed by atoms with E-state index < -0.39 is 0 Å². The Labute approximate surface area is 151 Å². The van der Waals surface area contributed by atoms with Gasteiger partial charge in [-0.2, -0.15) is 0 Å². The van der Waals surface area contributed by atoms with Crippen molar-refractivity contribution >= 4 is 5.96 Å². The summed E-state index contributed by atoms with van der Waals surface area (Å²) in [6.45, 7) is 8.97. The third-order valence-corrected chi connectivity index (χ3v) is 4.27. The number of guanidine groups is 1. The fourth-order valence-corrected chi connectivity index (χ4v) is 3.05. The van der Waals surface area contributed by atoms with E-state index in [1.807, 2.05) is 6.07 Å². The summed E-state index contributed by atoms with van der Waals surface area (Å²) in [6, 6.07) is 6.50. The van der Waals surface area contributed by atoms with Crippen LogP contribution < -0.4 is 20.1 Å². The summed E-state index contributed by atoms with van der Waals surface area (Å²) in [5.74, 6) is 2.60. The van der Waals surface area contributed by atoms with Crippen molar-refractivity contribution in [2.24, 2.45) is 4.99 Å². The average molecular weight is 348 g/mol. The lowest BCUT2D eigenvalue weighted by atomic mass is 10.2. The number of nitrogens with one attached hydrogen (secondary N) is 2. The topological polar surface area (TPSA) is 58.1 Å². The third kappa shape index (κ3) is 6.12. The molecule has 0 radical (unpaired) electrons. The minimum absolute atomic E-state index is 0.433. The molecule has 0 aromatic heterocycles. The van der Waals surface area contributed by atoms with Crippen LogP contribution in [0.4, 0.5) is 0 Å². The molecule has 140 valence electrons. The molecule has 0 spiro atoms. The smallest absolute Gasteiger partial charge is 0.191 e. The van der Waals surface area contributed by atoms with Crippen LogP contribution in [0.5, 0.6) is 11.5 Å². The zero-order valence-corrected chi connectivity index (χ0v) is 16.0. The second kappa shape index (κ2) is 10.1. The molecule has 1 saturated heterocycles. The summed E-state index contributed by atoms with van der Waals surface area (Å²) >= 11 is 0. The van der Waals surface area contributed by atoms with Gasteiger partial charge in [-0.15, -0.1) is 0 Å². The van der Waals surface area contributed by atoms with E-state index >= 15 is 0 Å². The molecule has 1 atom stereocenters. The van der Waals surface area contributed by atoms with Gasteiger partial charge >= 0.3 is 0 Å². The van der Waals surface area contributed by atoms with Gasteiger partial charge in [0.05, 0.1) is 14.2 Å². The van der Waals surface area contributed by atoms with Gasteiger partial charge < -0.3 is 20.1 Å². The molecule has 2 N–H and O–H groups in total. The molecule has 1 aliphatic heterocycles. The van der Waals surface area contributed by atoms with E-state index in [1.165, 1.54) is 5.56 Å². The molecule has 2 rings (SSSR count). The molecule has 0 amide bonds. The van der Waals surface area contributed by atoms with Crippen LogP contribution in [0.3, 0.4) is 0 Å². The van der Waals surface area contributed by atoms with Gasteiger partial charge in [0.1, 0.15) is 11.5 Å². The highest BCUT2D eigenvalue weighted by atomic mass is 16.5. The van der Waals surface area contributed by atoms with E-state index in [2.05, 4.69) is 46.5 Å². The van der Waals surface area contributed by atoms with Crippen molar-refractivity contribution in [1.82, 2.24) is 15.5 Å². The molecule has 1 aliphatic rings. The second-order valence-corrected chi connectivity index (χ2v) is 6.35. The number of aliphatic imine (C=N–C) groups is 1. The van der Waals surface area contributed by atoms with E-state index in [9.17, 15) is 0 Å². The SMILES string of the molecule is CCCN=C(NCC)NC1CCN(Cc2cc(OC)cc(OC)c2)C1. The fourth-order valence-electron chi connectivity index (χ4n) is 3.05. The molecular formula is C19H32N4O2. The first kappa shape index (κ1) is 19.4. The molecule has 1 aromatic carbocycles. The highest BCUT2D eigenvalue weighted by Crippen LogP contribution is 2.24. The number of ether oxygens (including phenoxy) is 2. The second-order valence-electron chi connectivity index (χ2n) is 6.35. The van der Waals surface area contributed by atoms with Gasteiger partial charge in [0, 0.05) is 44.8 Å². The Kier molecular flexibility index (Phi) is 7.85. The molecular weight excluding hydrogens is 316 g/mol. The molecule has 0 aliphatic carbocycles. The summed E-state index contributed by atoms with van der Waals surface area (Å²) in [6.07, 6.45) is 2.18. The normalized spacial score (nSPS) is 18.2.